The van der Waals surface area contributed by atoms with Crippen molar-refractivity contribution >= 4 is 12.1 Å². The second-order valence-electron chi connectivity index (χ2n) is 1.92. The molecule has 0 aliphatic carbocycles. The van der Waals surface area contributed by atoms with Gasteiger partial charge in [-0.15, -0.1) is 0 Å². The fourth-order valence-corrected chi connectivity index (χ4v) is 0.490. The molecule has 2 heteroatoms. The van der Waals surface area contributed by atoms with Gasteiger partial charge in [-0.3, -0.25) is 4.99 Å². The van der Waals surface area contributed by atoms with Crippen molar-refractivity contribution < 1.29 is 0 Å². The van der Waals surface area contributed by atoms with Crippen LogP contribution in [-0.2, 0) is 0 Å². The monoisotopic (exact) mass is 120 g/mol. The van der Waals surface area contributed by atoms with E-state index in [9.17, 15) is 0 Å². The number of aliphatic imine (C=N–C) groups is 2. The van der Waals surface area contributed by atoms with Gasteiger partial charge < -0.3 is 0 Å². The van der Waals surface area contributed by atoms with Gasteiger partial charge >= 0.3 is 0 Å². The molecule has 0 fully saturated rings. The largest absolute Gasteiger partial charge is 0.254 e. The number of rotatable bonds is 0. The van der Waals surface area contributed by atoms with Crippen LogP contribution in [0.5, 0.6) is 0 Å². The number of hydrogen-bond donors (Lipinski definition) is 0. The number of allylic oxidation sites excluding steroid dienone is 2. The van der Waals surface area contributed by atoms with Gasteiger partial charge in [0, 0.05) is 12.1 Å². The molecule has 0 spiro atoms. The third-order valence-electron chi connectivity index (χ3n) is 1.20. The van der Waals surface area contributed by atoms with Crippen LogP contribution in [0, 0.1) is 0 Å². The minimum absolute atomic E-state index is 0.979. The summed E-state index contributed by atoms with van der Waals surface area (Å²) in [6, 6.07) is 0. The highest BCUT2D eigenvalue weighted by atomic mass is 14.8. The predicted octanol–water partition coefficient (Wildman–Crippen LogP) is 1.55. The highest BCUT2D eigenvalue weighted by molar-refractivity contribution is 5.81. The van der Waals surface area contributed by atoms with Crippen LogP contribution >= 0.6 is 0 Å². The van der Waals surface area contributed by atoms with Crippen molar-refractivity contribution in [2.45, 2.75) is 13.8 Å². The molecule has 0 amide bonds. The molecule has 1 rings (SSSR count). The molecule has 0 unspecified atom stereocenters. The van der Waals surface area contributed by atoms with Crippen molar-refractivity contribution in [3.63, 3.8) is 0 Å². The highest BCUT2D eigenvalue weighted by Crippen LogP contribution is 2.02. The molecule has 0 N–H and O–H groups in total. The van der Waals surface area contributed by atoms with Crippen molar-refractivity contribution in [2.75, 3.05) is 0 Å². The average Bonchev–Trinajstić information content (AvgIpc) is 1.99. The second kappa shape index (κ2) is 2.42. The molecule has 0 saturated carbocycles. The minimum atomic E-state index is 0.979. The summed E-state index contributed by atoms with van der Waals surface area (Å²) in [4.78, 5) is 7.84. The van der Waals surface area contributed by atoms with E-state index in [2.05, 4.69) is 15.9 Å². The normalized spacial score (nSPS) is 16.7. The molecule has 46 valence electrons. The van der Waals surface area contributed by atoms with Gasteiger partial charge in [-0.05, 0) is 19.4 Å². The second-order valence-corrected chi connectivity index (χ2v) is 1.92. The molecular weight excluding hydrogens is 112 g/mol. The van der Waals surface area contributed by atoms with Crippen LogP contribution in [0.1, 0.15) is 13.8 Å². The molecule has 0 aromatic carbocycles. The average molecular weight is 120 g/mol. The molecule has 1 heterocycles. The number of hydrogen-bond acceptors (Lipinski definition) is 2. The molecule has 0 radical (unpaired) electrons. The maximum atomic E-state index is 3.95. The Bertz CT molecular complexity index is 227. The van der Waals surface area contributed by atoms with E-state index < -0.39 is 0 Å². The van der Waals surface area contributed by atoms with E-state index in [1.807, 2.05) is 13.8 Å². The summed E-state index contributed by atoms with van der Waals surface area (Å²) in [6.45, 7) is 3.91. The Morgan fingerprint density at radius 3 is 3.00 bits per heavy atom. The van der Waals surface area contributed by atoms with Crippen molar-refractivity contribution in [1.82, 2.24) is 0 Å². The summed E-state index contributed by atoms with van der Waals surface area (Å²) >= 11 is 0. The van der Waals surface area contributed by atoms with E-state index in [1.165, 1.54) is 0 Å². The first-order valence-electron chi connectivity index (χ1n) is 2.79. The van der Waals surface area contributed by atoms with E-state index in [1.54, 1.807) is 12.4 Å². The SMILES string of the molecule is CC1=C(C)N=C=CN=C1. The maximum absolute atomic E-state index is 3.95. The lowest BCUT2D eigenvalue weighted by atomic mass is 10.3. The van der Waals surface area contributed by atoms with Crippen molar-refractivity contribution in [1.29, 1.82) is 0 Å². The Balaban J connectivity index is 3.06. The molecule has 2 nitrogen and oxygen atoms in total. The molecule has 0 atom stereocenters. The van der Waals surface area contributed by atoms with Crippen LogP contribution in [0.15, 0.2) is 27.5 Å². The summed E-state index contributed by atoms with van der Waals surface area (Å²) in [7, 11) is 0. The molecule has 9 heavy (non-hydrogen) atoms. The Morgan fingerprint density at radius 1 is 1.44 bits per heavy atom. The van der Waals surface area contributed by atoms with Crippen LogP contribution in [-0.4, -0.2) is 12.1 Å². The third kappa shape index (κ3) is 1.37. The van der Waals surface area contributed by atoms with Crippen LogP contribution in [0.3, 0.4) is 0 Å². The third-order valence-corrected chi connectivity index (χ3v) is 1.20. The topological polar surface area (TPSA) is 24.7 Å². The molecule has 0 aromatic rings. The number of nitrogens with zero attached hydrogens (tertiary/aromatic N) is 2. The lowest BCUT2D eigenvalue weighted by Gasteiger charge is -1.89. The van der Waals surface area contributed by atoms with Gasteiger partial charge in [0.25, 0.3) is 0 Å². The van der Waals surface area contributed by atoms with E-state index in [0.717, 1.165) is 11.3 Å². The van der Waals surface area contributed by atoms with E-state index in [0.29, 0.717) is 0 Å². The quantitative estimate of drug-likeness (QED) is 0.463. The Labute approximate surface area is 54.3 Å². The van der Waals surface area contributed by atoms with Crippen molar-refractivity contribution in [3.8, 4) is 0 Å². The Morgan fingerprint density at radius 2 is 2.22 bits per heavy atom. The van der Waals surface area contributed by atoms with E-state index in [-0.39, 0.29) is 0 Å². The summed E-state index contributed by atoms with van der Waals surface area (Å²) in [5, 5.41) is 0. The first kappa shape index (κ1) is 5.99. The minimum Gasteiger partial charge on any atom is -0.254 e. The summed E-state index contributed by atoms with van der Waals surface area (Å²) < 4.78 is 0. The van der Waals surface area contributed by atoms with E-state index >= 15 is 0 Å². The van der Waals surface area contributed by atoms with Gasteiger partial charge in [0.2, 0.25) is 0 Å². The Kier molecular flexibility index (Phi) is 1.61. The smallest absolute Gasteiger partial charge is 0.0881 e. The van der Waals surface area contributed by atoms with Gasteiger partial charge in [-0.25, -0.2) is 4.99 Å². The van der Waals surface area contributed by atoms with E-state index in [4.69, 9.17) is 0 Å². The maximum Gasteiger partial charge on any atom is 0.0881 e. The highest BCUT2D eigenvalue weighted by Gasteiger charge is 1.90. The fourth-order valence-electron chi connectivity index (χ4n) is 0.490. The van der Waals surface area contributed by atoms with Crippen LogP contribution in [0.2, 0.25) is 0 Å². The summed E-state index contributed by atoms with van der Waals surface area (Å²) in [6.07, 6.45) is 3.33. The van der Waals surface area contributed by atoms with Crippen LogP contribution in [0.25, 0.3) is 0 Å². The zero-order valence-corrected chi connectivity index (χ0v) is 5.55. The summed E-state index contributed by atoms with van der Waals surface area (Å²) in [5.74, 6) is 2.67. The molecular formula is C7H8N2. The zero-order valence-electron chi connectivity index (χ0n) is 5.55. The van der Waals surface area contributed by atoms with Gasteiger partial charge in [0.15, 0.2) is 0 Å². The van der Waals surface area contributed by atoms with Gasteiger partial charge in [0.1, 0.15) is 0 Å². The zero-order chi connectivity index (χ0) is 6.69. The Hall–Kier alpha value is -1.14. The van der Waals surface area contributed by atoms with Crippen molar-refractivity contribution in [2.24, 2.45) is 9.98 Å². The van der Waals surface area contributed by atoms with Gasteiger partial charge in [-0.1, -0.05) is 0 Å². The predicted molar refractivity (Wildman–Crippen MR) is 38.9 cm³/mol. The van der Waals surface area contributed by atoms with Crippen LogP contribution < -0.4 is 0 Å². The molecule has 1 aliphatic heterocycles. The van der Waals surface area contributed by atoms with Gasteiger partial charge in [-0.2, -0.15) is 0 Å². The van der Waals surface area contributed by atoms with Crippen LogP contribution in [0.4, 0.5) is 0 Å². The molecule has 0 saturated heterocycles. The summed E-state index contributed by atoms with van der Waals surface area (Å²) in [5.41, 5.74) is 2.07. The van der Waals surface area contributed by atoms with Gasteiger partial charge in [0.05, 0.1) is 11.9 Å². The fraction of sp³-hybridized carbons (Fsp3) is 0.286. The first-order chi connectivity index (χ1) is 4.30. The van der Waals surface area contributed by atoms with Crippen molar-refractivity contribution in [3.05, 3.63) is 17.5 Å². The molecule has 0 aromatic heterocycles. The lowest BCUT2D eigenvalue weighted by Crippen LogP contribution is -1.79. The first-order valence-corrected chi connectivity index (χ1v) is 2.79. The molecule has 1 aliphatic rings. The lowest BCUT2D eigenvalue weighted by molar-refractivity contribution is 1.27. The standard InChI is InChI=1S/C7H8N2/c1-6-5-8-3-4-9-7(6)2/h3,5H,1-2H3. The molecule has 0 bridgehead atoms.